The van der Waals surface area contributed by atoms with Gasteiger partial charge in [0, 0.05) is 21.9 Å². The van der Waals surface area contributed by atoms with Crippen molar-refractivity contribution < 1.29 is 33.8 Å². The first-order chi connectivity index (χ1) is 26.4. The molecule has 4 aromatic carbocycles. The van der Waals surface area contributed by atoms with E-state index in [1.807, 2.05) is 60.7 Å². The number of amides is 2. The van der Waals surface area contributed by atoms with Gasteiger partial charge in [0.1, 0.15) is 5.82 Å². The Hall–Kier alpha value is -5.47. The number of hydrogen-bond donors (Lipinski definition) is 4. The fourth-order valence-electron chi connectivity index (χ4n) is 5.39. The van der Waals surface area contributed by atoms with Crippen LogP contribution in [0.2, 0.25) is 10.0 Å². The molecule has 6 aromatic rings. The van der Waals surface area contributed by atoms with Gasteiger partial charge in [-0.3, -0.25) is 19.2 Å². The molecule has 6 rings (SSSR count). The molecule has 0 unspecified atom stereocenters. The average molecular weight is 820 g/mol. The Balaban J connectivity index is 0.000000211. The first-order valence-electron chi connectivity index (χ1n) is 16.7. The van der Waals surface area contributed by atoms with Gasteiger partial charge in [-0.25, -0.2) is 14.4 Å². The standard InChI is InChI=1S/C20H16Cl2N2O3S.C20H17FN2O3S/c21-15-7-6-13(9-16(15)22)17-11-28-20(23-17)24-19(27)14(10-18(25)26)8-12-4-2-1-3-5-12;21-16-9-5-4-8-15(16)17-12-27-20(22-17)23-19(26)14(11-18(24)25)10-13-6-2-1-3-7-13/h1-7,9,11,14H,8,10H2,(H,25,26)(H,23,24,27);1-9,12,14H,10-11H2,(H,24,25)(H,22,23,26)/t2*14-/m11/s1. The fraction of sp³-hybridized carbons (Fsp3) is 0.150. The van der Waals surface area contributed by atoms with Gasteiger partial charge >= 0.3 is 11.9 Å². The molecule has 0 radical (unpaired) electrons. The molecule has 0 aliphatic rings. The Morgan fingerprint density at radius 1 is 0.636 bits per heavy atom. The van der Waals surface area contributed by atoms with E-state index >= 15 is 0 Å². The minimum atomic E-state index is -1.04. The zero-order chi connectivity index (χ0) is 39.3. The number of aliphatic carboxylic acids is 2. The molecule has 0 saturated carbocycles. The molecule has 0 bridgehead atoms. The maximum Gasteiger partial charge on any atom is 0.304 e. The highest BCUT2D eigenvalue weighted by molar-refractivity contribution is 7.14. The predicted molar refractivity (Wildman–Crippen MR) is 214 cm³/mol. The number of halogens is 3. The van der Waals surface area contributed by atoms with Crippen LogP contribution in [0.25, 0.3) is 22.5 Å². The van der Waals surface area contributed by atoms with Crippen molar-refractivity contribution in [3.05, 3.63) is 141 Å². The van der Waals surface area contributed by atoms with Gasteiger partial charge in [-0.2, -0.15) is 0 Å². The fourth-order valence-corrected chi connectivity index (χ4v) is 7.13. The number of benzene rings is 4. The van der Waals surface area contributed by atoms with Gasteiger partial charge in [-0.15, -0.1) is 22.7 Å². The zero-order valence-corrected chi connectivity index (χ0v) is 32.0. The summed E-state index contributed by atoms with van der Waals surface area (Å²) in [4.78, 5) is 56.2. The quantitative estimate of drug-likeness (QED) is 0.0846. The van der Waals surface area contributed by atoms with Gasteiger partial charge in [0.25, 0.3) is 0 Å². The van der Waals surface area contributed by atoms with Gasteiger partial charge in [0.05, 0.1) is 46.1 Å². The van der Waals surface area contributed by atoms with E-state index in [0.717, 1.165) is 16.7 Å². The van der Waals surface area contributed by atoms with Gasteiger partial charge in [-0.05, 0) is 48.2 Å². The van der Waals surface area contributed by atoms with Crippen LogP contribution < -0.4 is 10.6 Å². The Labute approximate surface area is 333 Å². The van der Waals surface area contributed by atoms with Crippen molar-refractivity contribution in [1.82, 2.24) is 9.97 Å². The van der Waals surface area contributed by atoms with E-state index in [9.17, 15) is 23.6 Å². The summed E-state index contributed by atoms with van der Waals surface area (Å²) in [6.07, 6.45) is 0.104. The third-order valence-electron chi connectivity index (χ3n) is 8.07. The molecule has 0 spiro atoms. The highest BCUT2D eigenvalue weighted by Gasteiger charge is 2.25. The summed E-state index contributed by atoms with van der Waals surface area (Å²) in [5, 5.41) is 28.7. The molecule has 2 aromatic heterocycles. The molecule has 4 N–H and O–H groups in total. The van der Waals surface area contributed by atoms with Gasteiger partial charge in [0.15, 0.2) is 10.3 Å². The van der Waals surface area contributed by atoms with Gasteiger partial charge < -0.3 is 20.8 Å². The van der Waals surface area contributed by atoms with Crippen molar-refractivity contribution in [3.63, 3.8) is 0 Å². The first-order valence-corrected chi connectivity index (χ1v) is 19.2. The molecule has 0 saturated heterocycles. The maximum atomic E-state index is 13.9. The smallest absolute Gasteiger partial charge is 0.304 e. The van der Waals surface area contributed by atoms with E-state index in [1.165, 1.54) is 28.7 Å². The van der Waals surface area contributed by atoms with Crippen molar-refractivity contribution in [2.45, 2.75) is 25.7 Å². The highest BCUT2D eigenvalue weighted by Crippen LogP contribution is 2.31. The number of carbonyl (C=O) groups is 4. The monoisotopic (exact) mass is 818 g/mol. The summed E-state index contributed by atoms with van der Waals surface area (Å²) < 4.78 is 13.9. The largest absolute Gasteiger partial charge is 0.481 e. The molecule has 2 heterocycles. The molecule has 0 aliphatic carbocycles. The second-order valence-corrected chi connectivity index (χ2v) is 14.7. The van der Waals surface area contributed by atoms with Crippen LogP contribution in [0.1, 0.15) is 24.0 Å². The minimum absolute atomic E-state index is 0.258. The van der Waals surface area contributed by atoms with Crippen LogP contribution in [0, 0.1) is 17.7 Å². The molecule has 282 valence electrons. The van der Waals surface area contributed by atoms with Crippen molar-refractivity contribution in [2.75, 3.05) is 10.6 Å². The van der Waals surface area contributed by atoms with Crippen LogP contribution in [0.5, 0.6) is 0 Å². The van der Waals surface area contributed by atoms with Crippen molar-refractivity contribution >= 4 is 79.9 Å². The lowest BCUT2D eigenvalue weighted by molar-refractivity contribution is -0.140. The van der Waals surface area contributed by atoms with Crippen molar-refractivity contribution in [2.24, 2.45) is 11.8 Å². The van der Waals surface area contributed by atoms with Crippen LogP contribution >= 0.6 is 45.9 Å². The van der Waals surface area contributed by atoms with E-state index in [1.54, 1.807) is 47.2 Å². The van der Waals surface area contributed by atoms with Crippen LogP contribution in [0.3, 0.4) is 0 Å². The second kappa shape index (κ2) is 19.7. The summed E-state index contributed by atoms with van der Waals surface area (Å²) in [5.41, 5.74) is 3.98. The number of nitrogens with one attached hydrogen (secondary N) is 2. The van der Waals surface area contributed by atoms with Crippen LogP contribution in [-0.2, 0) is 32.0 Å². The first kappa shape index (κ1) is 40.7. The Bertz CT molecular complexity index is 2250. The number of aromatic nitrogens is 2. The van der Waals surface area contributed by atoms with E-state index in [-0.39, 0.29) is 18.7 Å². The summed E-state index contributed by atoms with van der Waals surface area (Å²) in [6, 6.07) is 30.0. The number of anilines is 2. The molecule has 15 heteroatoms. The van der Waals surface area contributed by atoms with Crippen LogP contribution in [0.15, 0.2) is 114 Å². The lowest BCUT2D eigenvalue weighted by Crippen LogP contribution is -2.27. The number of hydrogen-bond acceptors (Lipinski definition) is 8. The number of carbonyl (C=O) groups excluding carboxylic acids is 2. The molecule has 55 heavy (non-hydrogen) atoms. The average Bonchev–Trinajstić information content (AvgIpc) is 3.83. The number of rotatable bonds is 14. The van der Waals surface area contributed by atoms with E-state index < -0.39 is 35.5 Å². The highest BCUT2D eigenvalue weighted by atomic mass is 35.5. The summed E-state index contributed by atoms with van der Waals surface area (Å²) >= 11 is 14.4. The Morgan fingerprint density at radius 3 is 1.60 bits per heavy atom. The zero-order valence-electron chi connectivity index (χ0n) is 28.8. The number of carboxylic acid groups (broad SMARTS) is 2. The lowest BCUT2D eigenvalue weighted by atomic mass is 9.95. The second-order valence-electron chi connectivity index (χ2n) is 12.1. The lowest BCUT2D eigenvalue weighted by Gasteiger charge is -2.14. The molecular formula is C40H33Cl2FN4O6S2. The molecule has 10 nitrogen and oxygen atoms in total. The van der Waals surface area contributed by atoms with Crippen molar-refractivity contribution in [3.8, 4) is 22.5 Å². The van der Waals surface area contributed by atoms with Gasteiger partial charge in [0.2, 0.25) is 11.8 Å². The summed E-state index contributed by atoms with van der Waals surface area (Å²) in [6.45, 7) is 0. The summed E-state index contributed by atoms with van der Waals surface area (Å²) in [5.74, 6) is -4.68. The Kier molecular flexibility index (Phi) is 14.6. The Morgan fingerprint density at radius 2 is 1.11 bits per heavy atom. The SMILES string of the molecule is O=C(O)C[C@@H](Cc1ccccc1)C(=O)Nc1nc(-c2ccc(Cl)c(Cl)c2)cs1.O=C(O)C[C@@H](Cc1ccccc1)C(=O)Nc1nc(-c2ccccc2F)cs1. The minimum Gasteiger partial charge on any atom is -0.481 e. The van der Waals surface area contributed by atoms with E-state index in [2.05, 4.69) is 20.6 Å². The van der Waals surface area contributed by atoms with Crippen LogP contribution in [-0.4, -0.2) is 43.9 Å². The predicted octanol–water partition coefficient (Wildman–Crippen LogP) is 9.61. The molecule has 2 amide bonds. The number of carboxylic acids is 2. The normalized spacial score (nSPS) is 11.8. The summed E-state index contributed by atoms with van der Waals surface area (Å²) in [7, 11) is 0. The van der Waals surface area contributed by atoms with E-state index in [0.29, 0.717) is 50.1 Å². The van der Waals surface area contributed by atoms with Crippen LogP contribution in [0.4, 0.5) is 14.7 Å². The number of thiazole rings is 2. The molecule has 0 aliphatic heterocycles. The number of nitrogens with zero attached hydrogens (tertiary/aromatic N) is 2. The topological polar surface area (TPSA) is 159 Å². The molecule has 0 fully saturated rings. The third kappa shape index (κ3) is 12.3. The van der Waals surface area contributed by atoms with Gasteiger partial charge in [-0.1, -0.05) is 102 Å². The van der Waals surface area contributed by atoms with Crippen molar-refractivity contribution in [1.29, 1.82) is 0 Å². The third-order valence-corrected chi connectivity index (χ3v) is 10.3. The molecular weight excluding hydrogens is 786 g/mol. The molecule has 2 atom stereocenters. The maximum absolute atomic E-state index is 13.9. The van der Waals surface area contributed by atoms with E-state index in [4.69, 9.17) is 33.4 Å².